The topological polar surface area (TPSA) is 67.9 Å². The van der Waals surface area contributed by atoms with E-state index in [0.717, 1.165) is 10.7 Å². The molecular weight excluding hydrogens is 214 g/mol. The maximum atomic E-state index is 11.3. The number of hydrogen-bond acceptors (Lipinski definition) is 5. The number of carbonyl (C=O) groups excluding carboxylic acids is 1. The molecule has 0 aromatic carbocycles. The third-order valence-electron chi connectivity index (χ3n) is 1.72. The molecule has 0 aliphatic rings. The number of nitrogens with zero attached hydrogens (tertiary/aromatic N) is 2. The normalized spacial score (nSPS) is 10.2. The zero-order valence-electron chi connectivity index (χ0n) is 8.06. The van der Waals surface area contributed by atoms with Gasteiger partial charge < -0.3 is 4.74 Å². The van der Waals surface area contributed by atoms with Crippen LogP contribution in [0.5, 0.6) is 0 Å². The molecule has 2 aromatic heterocycles. The first-order valence-electron chi connectivity index (χ1n) is 4.43. The number of aromatic nitrogens is 3. The Kier molecular flexibility index (Phi) is 2.77. The first-order chi connectivity index (χ1) is 7.31. The number of carbonyl (C=O) groups is 1. The molecule has 0 saturated carbocycles. The summed E-state index contributed by atoms with van der Waals surface area (Å²) in [7, 11) is 0. The predicted molar refractivity (Wildman–Crippen MR) is 55.7 cm³/mol. The van der Waals surface area contributed by atoms with Crippen molar-refractivity contribution < 1.29 is 9.53 Å². The third kappa shape index (κ3) is 2.04. The number of esters is 1. The highest BCUT2D eigenvalue weighted by molar-refractivity contribution is 7.13. The molecule has 0 amide bonds. The molecule has 2 rings (SSSR count). The molecule has 0 saturated heterocycles. The third-order valence-corrected chi connectivity index (χ3v) is 2.60. The molecule has 1 N–H and O–H groups in total. The van der Waals surface area contributed by atoms with E-state index in [1.165, 1.54) is 11.3 Å². The molecule has 0 unspecified atom stereocenters. The van der Waals surface area contributed by atoms with Gasteiger partial charge in [0.1, 0.15) is 5.01 Å². The van der Waals surface area contributed by atoms with Crippen LogP contribution >= 0.6 is 11.3 Å². The van der Waals surface area contributed by atoms with E-state index in [1.54, 1.807) is 24.6 Å². The van der Waals surface area contributed by atoms with Crippen molar-refractivity contribution in [3.05, 3.63) is 23.3 Å². The van der Waals surface area contributed by atoms with Crippen molar-refractivity contribution in [2.45, 2.75) is 6.92 Å². The number of H-pyrrole nitrogens is 1. The first kappa shape index (κ1) is 9.85. The molecule has 6 heteroatoms. The Balaban J connectivity index is 2.21. The lowest BCUT2D eigenvalue weighted by Gasteiger charge is -1.95. The SMILES string of the molecule is CCOC(=O)c1csc(-c2ccn[nH]2)n1. The van der Waals surface area contributed by atoms with Crippen LogP contribution in [0.2, 0.25) is 0 Å². The molecule has 0 radical (unpaired) electrons. The summed E-state index contributed by atoms with van der Waals surface area (Å²) in [5.41, 5.74) is 1.14. The van der Waals surface area contributed by atoms with Crippen molar-refractivity contribution in [2.24, 2.45) is 0 Å². The lowest BCUT2D eigenvalue weighted by atomic mass is 10.4. The van der Waals surface area contributed by atoms with Crippen LogP contribution in [0, 0.1) is 0 Å². The number of nitrogens with one attached hydrogen (secondary N) is 1. The van der Waals surface area contributed by atoms with Crippen molar-refractivity contribution in [2.75, 3.05) is 6.61 Å². The zero-order chi connectivity index (χ0) is 10.7. The van der Waals surface area contributed by atoms with Gasteiger partial charge in [-0.15, -0.1) is 11.3 Å². The monoisotopic (exact) mass is 223 g/mol. The van der Waals surface area contributed by atoms with Gasteiger partial charge in [0, 0.05) is 11.6 Å². The Morgan fingerprint density at radius 2 is 2.53 bits per heavy atom. The highest BCUT2D eigenvalue weighted by atomic mass is 32.1. The van der Waals surface area contributed by atoms with E-state index in [0.29, 0.717) is 12.3 Å². The average Bonchev–Trinajstić information content (AvgIpc) is 2.89. The second kappa shape index (κ2) is 4.22. The largest absolute Gasteiger partial charge is 0.461 e. The summed E-state index contributed by atoms with van der Waals surface area (Å²) in [6, 6.07) is 1.80. The van der Waals surface area contributed by atoms with Crippen molar-refractivity contribution in [3.8, 4) is 10.7 Å². The van der Waals surface area contributed by atoms with Crippen LogP contribution in [0.3, 0.4) is 0 Å². The Labute approximate surface area is 90.1 Å². The maximum Gasteiger partial charge on any atom is 0.357 e. The summed E-state index contributed by atoms with van der Waals surface area (Å²) in [5.74, 6) is -0.389. The molecule has 78 valence electrons. The van der Waals surface area contributed by atoms with E-state index >= 15 is 0 Å². The van der Waals surface area contributed by atoms with Gasteiger partial charge in [0.2, 0.25) is 0 Å². The van der Waals surface area contributed by atoms with E-state index in [-0.39, 0.29) is 5.97 Å². The summed E-state index contributed by atoms with van der Waals surface area (Å²) < 4.78 is 4.84. The number of ether oxygens (including phenoxy) is 1. The van der Waals surface area contributed by atoms with Gasteiger partial charge in [-0.2, -0.15) is 5.10 Å². The van der Waals surface area contributed by atoms with Gasteiger partial charge in [-0.1, -0.05) is 0 Å². The Hall–Kier alpha value is -1.69. The van der Waals surface area contributed by atoms with E-state index in [2.05, 4.69) is 15.2 Å². The van der Waals surface area contributed by atoms with Gasteiger partial charge in [-0.05, 0) is 13.0 Å². The maximum absolute atomic E-state index is 11.3. The van der Waals surface area contributed by atoms with Gasteiger partial charge >= 0.3 is 5.97 Å². The fraction of sp³-hybridized carbons (Fsp3) is 0.222. The van der Waals surface area contributed by atoms with Crippen LogP contribution in [-0.2, 0) is 4.74 Å². The molecule has 0 bridgehead atoms. The van der Waals surface area contributed by atoms with Crippen molar-refractivity contribution in [1.29, 1.82) is 0 Å². The quantitative estimate of drug-likeness (QED) is 0.804. The molecule has 0 spiro atoms. The minimum Gasteiger partial charge on any atom is -0.461 e. The van der Waals surface area contributed by atoms with Crippen molar-refractivity contribution >= 4 is 17.3 Å². The Bertz CT molecular complexity index is 450. The molecule has 2 aromatic rings. The number of aromatic amines is 1. The van der Waals surface area contributed by atoms with Crippen LogP contribution in [-0.4, -0.2) is 27.8 Å². The second-order valence-electron chi connectivity index (χ2n) is 2.73. The van der Waals surface area contributed by atoms with E-state index in [9.17, 15) is 4.79 Å². The van der Waals surface area contributed by atoms with Crippen molar-refractivity contribution in [1.82, 2.24) is 15.2 Å². The number of rotatable bonds is 3. The van der Waals surface area contributed by atoms with Crippen LogP contribution in [0.15, 0.2) is 17.6 Å². The number of hydrogen-bond donors (Lipinski definition) is 1. The standard InChI is InChI=1S/C9H9N3O2S/c1-2-14-9(13)7-5-15-8(11-7)6-3-4-10-12-6/h3-5H,2H2,1H3,(H,10,12). The van der Waals surface area contributed by atoms with Gasteiger partial charge in [0.05, 0.1) is 12.3 Å². The molecule has 0 atom stereocenters. The average molecular weight is 223 g/mol. The second-order valence-corrected chi connectivity index (χ2v) is 3.59. The van der Waals surface area contributed by atoms with E-state index in [4.69, 9.17) is 4.74 Å². The summed E-state index contributed by atoms with van der Waals surface area (Å²) in [6.07, 6.45) is 1.64. The van der Waals surface area contributed by atoms with E-state index < -0.39 is 0 Å². The van der Waals surface area contributed by atoms with Gasteiger partial charge in [0.15, 0.2) is 5.69 Å². The van der Waals surface area contributed by atoms with Gasteiger partial charge in [0.25, 0.3) is 0 Å². The predicted octanol–water partition coefficient (Wildman–Crippen LogP) is 1.71. The highest BCUT2D eigenvalue weighted by Gasteiger charge is 2.12. The molecule has 0 fully saturated rings. The van der Waals surface area contributed by atoms with Crippen LogP contribution < -0.4 is 0 Å². The van der Waals surface area contributed by atoms with Crippen molar-refractivity contribution in [3.63, 3.8) is 0 Å². The lowest BCUT2D eigenvalue weighted by molar-refractivity contribution is 0.0520. The zero-order valence-corrected chi connectivity index (χ0v) is 8.87. The molecule has 0 aliphatic carbocycles. The smallest absolute Gasteiger partial charge is 0.357 e. The molecule has 2 heterocycles. The highest BCUT2D eigenvalue weighted by Crippen LogP contribution is 2.21. The van der Waals surface area contributed by atoms with Crippen LogP contribution in [0.25, 0.3) is 10.7 Å². The van der Waals surface area contributed by atoms with Gasteiger partial charge in [-0.25, -0.2) is 9.78 Å². The summed E-state index contributed by atoms with van der Waals surface area (Å²) in [4.78, 5) is 15.5. The van der Waals surface area contributed by atoms with Crippen LogP contribution in [0.4, 0.5) is 0 Å². The molecule has 5 nitrogen and oxygen atoms in total. The molecule has 0 aliphatic heterocycles. The minimum absolute atomic E-state index is 0.339. The summed E-state index contributed by atoms with van der Waals surface area (Å²) in [5, 5.41) is 9.00. The van der Waals surface area contributed by atoms with Crippen LogP contribution in [0.1, 0.15) is 17.4 Å². The summed E-state index contributed by atoms with van der Waals surface area (Å²) in [6.45, 7) is 2.12. The molecule has 15 heavy (non-hydrogen) atoms. The minimum atomic E-state index is -0.389. The first-order valence-corrected chi connectivity index (χ1v) is 5.31. The Morgan fingerprint density at radius 1 is 1.67 bits per heavy atom. The summed E-state index contributed by atoms with van der Waals surface area (Å²) >= 11 is 1.38. The lowest BCUT2D eigenvalue weighted by Crippen LogP contribution is -2.04. The number of thiazole rings is 1. The molecular formula is C9H9N3O2S. The van der Waals surface area contributed by atoms with E-state index in [1.807, 2.05) is 0 Å². The fourth-order valence-corrected chi connectivity index (χ4v) is 1.84. The fourth-order valence-electron chi connectivity index (χ4n) is 1.07. The van der Waals surface area contributed by atoms with Gasteiger partial charge in [-0.3, -0.25) is 5.10 Å². The Morgan fingerprint density at radius 3 is 3.20 bits per heavy atom.